The zero-order valence-electron chi connectivity index (χ0n) is 38.1. The van der Waals surface area contributed by atoms with Crippen molar-refractivity contribution < 1.29 is 37.6 Å². The number of carbonyl (C=O) groups is 4. The van der Waals surface area contributed by atoms with Crippen LogP contribution in [-0.4, -0.2) is 106 Å². The van der Waals surface area contributed by atoms with Crippen LogP contribution in [0.15, 0.2) is 59.1 Å². The third-order valence-electron chi connectivity index (χ3n) is 13.3. The summed E-state index contributed by atoms with van der Waals surface area (Å²) in [4.78, 5) is 58.5. The fourth-order valence-corrected chi connectivity index (χ4v) is 11.3. The van der Waals surface area contributed by atoms with Crippen LogP contribution in [0.2, 0.25) is 5.02 Å². The lowest BCUT2D eigenvalue weighted by molar-refractivity contribution is -0.155. The molecule has 1 saturated carbocycles. The Hall–Kier alpha value is -4.93. The van der Waals surface area contributed by atoms with E-state index in [1.165, 1.54) is 34.0 Å². The lowest BCUT2D eigenvalue weighted by Crippen LogP contribution is -2.50. The lowest BCUT2D eigenvalue weighted by atomic mass is 9.68. The molecule has 1 aromatic heterocycles. The van der Waals surface area contributed by atoms with E-state index in [4.69, 9.17) is 25.8 Å². The first-order chi connectivity index (χ1) is 30.3. The van der Waals surface area contributed by atoms with Crippen LogP contribution >= 0.6 is 11.6 Å². The van der Waals surface area contributed by atoms with Crippen LogP contribution in [0.3, 0.4) is 0 Å². The Morgan fingerprint density at radius 2 is 1.91 bits per heavy atom. The van der Waals surface area contributed by atoms with Gasteiger partial charge in [0.2, 0.25) is 11.8 Å². The molecular weight excluding hydrogens is 858 g/mol. The van der Waals surface area contributed by atoms with Crippen LogP contribution in [0.4, 0.5) is 5.69 Å². The topological polar surface area (TPSA) is 174 Å². The number of allylic oxidation sites excluding steroid dienone is 1. The van der Waals surface area contributed by atoms with Crippen molar-refractivity contribution in [1.82, 2.24) is 24.7 Å². The number of hydrogen-bond donors (Lipinski definition) is 2. The first kappa shape index (κ1) is 47.0. The third-order valence-corrected chi connectivity index (χ3v) is 15.9. The summed E-state index contributed by atoms with van der Waals surface area (Å²) in [7, 11) is 0.785. The molecule has 2 bridgehead atoms. The molecule has 2 N–H and O–H groups in total. The van der Waals surface area contributed by atoms with Gasteiger partial charge >= 0.3 is 5.97 Å². The summed E-state index contributed by atoms with van der Waals surface area (Å²) in [5.41, 5.74) is 2.64. The Bertz CT molecular complexity index is 2440. The number of aryl methyl sites for hydroxylation is 2. The Kier molecular flexibility index (Phi) is 13.9. The van der Waals surface area contributed by atoms with Gasteiger partial charge in [-0.1, -0.05) is 30.7 Å². The standard InChI is InChI=1S/C47H62ClN7O8S/c1-29-11-9-13-39(63-42(57)26-53(6)41(56)23-49-46(3,4)5)35-17-14-33(35)24-55-27-47(20-10-12-31-21-34(48)16-18-37(31)47)28-62-40-19-15-32(22-38(40)55)43(58)51-64(60,30(29)2)52-44(59)36-25-54(7)50-45(36)61-8/h9,13,15-16,18-19,21-22,25,29-30,33,35,39,49H,10-12,14,17,20,23-24,26-28H2,1-8H3,(H,51,52,58,59,60)/b13-9+. The summed E-state index contributed by atoms with van der Waals surface area (Å²) < 4.78 is 41.9. The van der Waals surface area contributed by atoms with Gasteiger partial charge in [0.15, 0.2) is 0 Å². The average molecular weight is 921 g/mol. The largest absolute Gasteiger partial charge is 0.490 e. The fraction of sp³-hybridized carbons (Fsp3) is 0.553. The van der Waals surface area contributed by atoms with Gasteiger partial charge < -0.3 is 29.3 Å². The quantitative estimate of drug-likeness (QED) is 0.193. The third kappa shape index (κ3) is 10.3. The molecule has 3 amide bonds. The average Bonchev–Trinajstić information content (AvgIpc) is 3.55. The first-order valence-electron chi connectivity index (χ1n) is 22.1. The zero-order valence-corrected chi connectivity index (χ0v) is 39.7. The monoisotopic (exact) mass is 919 g/mol. The van der Waals surface area contributed by atoms with Crippen molar-refractivity contribution >= 4 is 50.9 Å². The number of carbonyl (C=O) groups excluding carboxylic acids is 4. The molecule has 0 saturated heterocycles. The fourth-order valence-electron chi connectivity index (χ4n) is 9.27. The lowest BCUT2D eigenvalue weighted by Gasteiger charge is -2.46. The maximum absolute atomic E-state index is 15.2. The molecule has 2 aliphatic carbocycles. The molecule has 3 heterocycles. The highest BCUT2D eigenvalue weighted by Crippen LogP contribution is 2.47. The minimum Gasteiger partial charge on any atom is -0.490 e. The predicted octanol–water partition coefficient (Wildman–Crippen LogP) is 6.28. The molecule has 17 heteroatoms. The molecule has 1 spiro atoms. The van der Waals surface area contributed by atoms with Gasteiger partial charge in [-0.3, -0.25) is 28.6 Å². The van der Waals surface area contributed by atoms with Crippen molar-refractivity contribution in [2.24, 2.45) is 29.2 Å². The number of anilines is 1. The number of fused-ring (bicyclic) bond motifs is 4. The summed E-state index contributed by atoms with van der Waals surface area (Å²) in [5.74, 6) is -1.94. The molecule has 64 heavy (non-hydrogen) atoms. The molecular formula is C47H62ClN7O8S. The minimum atomic E-state index is -3.82. The van der Waals surface area contributed by atoms with Crippen LogP contribution in [-0.2, 0) is 43.1 Å². The van der Waals surface area contributed by atoms with E-state index in [9.17, 15) is 19.2 Å². The summed E-state index contributed by atoms with van der Waals surface area (Å²) in [6, 6.07) is 11.2. The van der Waals surface area contributed by atoms with Gasteiger partial charge in [-0.25, -0.2) is 4.21 Å². The highest BCUT2D eigenvalue weighted by Gasteiger charge is 2.45. The number of hydrogen-bond acceptors (Lipinski definition) is 11. The number of esters is 1. The van der Waals surface area contributed by atoms with E-state index >= 15 is 4.21 Å². The number of rotatable bonds is 8. The van der Waals surface area contributed by atoms with Crippen molar-refractivity contribution in [2.45, 2.75) is 95.5 Å². The second kappa shape index (κ2) is 18.9. The Morgan fingerprint density at radius 1 is 1.12 bits per heavy atom. The van der Waals surface area contributed by atoms with Crippen molar-refractivity contribution in [3.8, 4) is 11.6 Å². The van der Waals surface area contributed by atoms with Gasteiger partial charge in [0.25, 0.3) is 11.8 Å². The van der Waals surface area contributed by atoms with E-state index in [-0.39, 0.29) is 59.3 Å². The maximum Gasteiger partial charge on any atom is 0.326 e. The number of benzene rings is 2. The number of halogens is 1. The second-order valence-corrected chi connectivity index (χ2v) is 21.8. The van der Waals surface area contributed by atoms with E-state index in [2.05, 4.69) is 30.5 Å². The molecule has 15 nitrogen and oxygen atoms in total. The first-order valence-corrected chi connectivity index (χ1v) is 24.1. The summed E-state index contributed by atoms with van der Waals surface area (Å²) in [6.45, 7) is 10.9. The summed E-state index contributed by atoms with van der Waals surface area (Å²) in [5, 5.41) is 7.20. The normalized spacial score (nSPS) is 27.4. The van der Waals surface area contributed by atoms with E-state index < -0.39 is 44.5 Å². The summed E-state index contributed by atoms with van der Waals surface area (Å²) >= 11 is 6.51. The molecule has 7 atom stereocenters. The highest BCUT2D eigenvalue weighted by molar-refractivity contribution is 7.93. The van der Waals surface area contributed by atoms with Crippen molar-refractivity contribution in [1.29, 1.82) is 0 Å². The second-order valence-electron chi connectivity index (χ2n) is 19.1. The number of nitrogens with one attached hydrogen (secondary N) is 2. The minimum absolute atomic E-state index is 0.0329. The maximum atomic E-state index is 15.2. The number of methoxy groups -OCH3 is 1. The highest BCUT2D eigenvalue weighted by atomic mass is 35.5. The Balaban J connectivity index is 1.28. The molecule has 0 radical (unpaired) electrons. The molecule has 2 aliphatic heterocycles. The van der Waals surface area contributed by atoms with E-state index in [1.54, 1.807) is 39.2 Å². The van der Waals surface area contributed by atoms with Crippen molar-refractivity contribution in [3.05, 3.63) is 82.0 Å². The Morgan fingerprint density at radius 3 is 2.62 bits per heavy atom. The predicted molar refractivity (Wildman–Crippen MR) is 246 cm³/mol. The molecule has 346 valence electrons. The molecule has 2 aromatic carbocycles. The van der Waals surface area contributed by atoms with Crippen molar-refractivity contribution in [2.75, 3.05) is 51.8 Å². The van der Waals surface area contributed by atoms with Gasteiger partial charge in [0, 0.05) is 60.8 Å². The van der Waals surface area contributed by atoms with Crippen LogP contribution < -0.4 is 24.4 Å². The number of ether oxygens (including phenoxy) is 3. The van der Waals surface area contributed by atoms with Gasteiger partial charge in [0.1, 0.15) is 33.9 Å². The van der Waals surface area contributed by atoms with E-state index in [0.717, 1.165) is 32.1 Å². The zero-order chi connectivity index (χ0) is 46.1. The molecule has 4 aliphatic rings. The smallest absolute Gasteiger partial charge is 0.326 e. The Labute approximate surface area is 381 Å². The van der Waals surface area contributed by atoms with Crippen molar-refractivity contribution in [3.63, 3.8) is 0 Å². The van der Waals surface area contributed by atoms with Gasteiger partial charge in [0.05, 0.1) is 31.2 Å². The molecule has 1 fully saturated rings. The summed E-state index contributed by atoms with van der Waals surface area (Å²) in [6.07, 6.45) is 9.43. The van der Waals surface area contributed by atoms with Gasteiger partial charge in [-0.2, -0.15) is 0 Å². The van der Waals surface area contributed by atoms with E-state index in [0.29, 0.717) is 42.6 Å². The van der Waals surface area contributed by atoms with E-state index in [1.807, 2.05) is 52.0 Å². The number of nitrogens with zero attached hydrogens (tertiary/aromatic N) is 5. The number of amides is 3. The molecule has 7 rings (SSSR count). The number of likely N-dealkylation sites (N-methyl/N-ethyl adjacent to an activating group) is 1. The van der Waals surface area contributed by atoms with Crippen LogP contribution in [0.25, 0.3) is 0 Å². The SMILES string of the molecule is COc1nn(C)cc1C(=O)NS1(=O)=NC(=O)c2ccc3c(c2)N(CC2CCC2C(OC(=O)CN(C)C(=O)CNC(C)(C)C)/C=C/CC(C)C1C)CC1(CCCc2cc(Cl)ccc21)CO3. The molecule has 3 aromatic rings. The number of aromatic nitrogens is 2. The van der Waals surface area contributed by atoms with Crippen LogP contribution in [0.5, 0.6) is 11.6 Å². The van der Waals surface area contributed by atoms with Gasteiger partial charge in [-0.05, 0) is 126 Å². The molecule has 7 unspecified atom stereocenters. The van der Waals surface area contributed by atoms with Crippen LogP contribution in [0, 0.1) is 17.8 Å². The van der Waals surface area contributed by atoms with Crippen LogP contribution in [0.1, 0.15) is 98.6 Å². The van der Waals surface area contributed by atoms with Gasteiger partial charge in [-0.15, -0.1) is 9.46 Å².